The molecule has 1 amide bonds. The lowest BCUT2D eigenvalue weighted by atomic mass is 10.3. The Bertz CT molecular complexity index is 761. The van der Waals surface area contributed by atoms with E-state index in [4.69, 9.17) is 11.6 Å². The molecule has 0 unspecified atom stereocenters. The summed E-state index contributed by atoms with van der Waals surface area (Å²) in [5, 5.41) is 6.50. The summed E-state index contributed by atoms with van der Waals surface area (Å²) in [5.41, 5.74) is 0. The Hall–Kier alpha value is -1.90. The molecule has 0 aliphatic rings. The van der Waals surface area contributed by atoms with Gasteiger partial charge in [-0.15, -0.1) is 0 Å². The maximum Gasteiger partial charge on any atom is 0.243 e. The van der Waals surface area contributed by atoms with Gasteiger partial charge < -0.3 is 9.84 Å². The zero-order chi connectivity index (χ0) is 17.6. The standard InChI is InChI=1S/C15H18ClN3O4S/c1-2-3-9-19(11-15(20)17-14-8-10-23-18-14)24(21,22)13-6-4-12(16)5-7-13/h4-8,10H,2-3,9,11H2,1H3,(H,17,18,20). The van der Waals surface area contributed by atoms with E-state index in [9.17, 15) is 13.2 Å². The number of halogens is 1. The number of hydrogen-bond acceptors (Lipinski definition) is 5. The lowest BCUT2D eigenvalue weighted by Gasteiger charge is -2.21. The van der Waals surface area contributed by atoms with E-state index in [1.165, 1.54) is 36.6 Å². The molecule has 2 rings (SSSR count). The summed E-state index contributed by atoms with van der Waals surface area (Å²) in [7, 11) is -3.79. The number of anilines is 1. The third kappa shape index (κ3) is 4.80. The van der Waals surface area contributed by atoms with Crippen molar-refractivity contribution >= 4 is 33.3 Å². The second-order valence-corrected chi connectivity index (χ2v) is 7.45. The van der Waals surface area contributed by atoms with Gasteiger partial charge in [-0.3, -0.25) is 4.79 Å². The van der Waals surface area contributed by atoms with Gasteiger partial charge in [-0.1, -0.05) is 30.1 Å². The number of nitrogens with zero attached hydrogens (tertiary/aromatic N) is 2. The van der Waals surface area contributed by atoms with Gasteiger partial charge in [0, 0.05) is 17.6 Å². The number of rotatable bonds is 8. The van der Waals surface area contributed by atoms with E-state index in [0.717, 1.165) is 10.7 Å². The van der Waals surface area contributed by atoms with E-state index < -0.39 is 15.9 Å². The second-order valence-electron chi connectivity index (χ2n) is 5.08. The summed E-state index contributed by atoms with van der Waals surface area (Å²) in [4.78, 5) is 12.2. The van der Waals surface area contributed by atoms with Crippen molar-refractivity contribution in [3.8, 4) is 0 Å². The molecule has 1 aromatic carbocycles. The average molecular weight is 372 g/mol. The van der Waals surface area contributed by atoms with Crippen LogP contribution in [-0.2, 0) is 14.8 Å². The summed E-state index contributed by atoms with van der Waals surface area (Å²) in [6, 6.07) is 7.32. The highest BCUT2D eigenvalue weighted by molar-refractivity contribution is 7.89. The first-order valence-corrected chi connectivity index (χ1v) is 9.21. The Morgan fingerprint density at radius 1 is 1.29 bits per heavy atom. The van der Waals surface area contributed by atoms with Crippen molar-refractivity contribution in [3.63, 3.8) is 0 Å². The molecule has 0 fully saturated rings. The number of carbonyl (C=O) groups is 1. The van der Waals surface area contributed by atoms with Crippen LogP contribution in [0.2, 0.25) is 5.02 Å². The highest BCUT2D eigenvalue weighted by Crippen LogP contribution is 2.19. The summed E-state index contributed by atoms with van der Waals surface area (Å²) in [6.45, 7) is 1.88. The van der Waals surface area contributed by atoms with Crippen LogP contribution in [0.15, 0.2) is 46.0 Å². The molecule has 1 N–H and O–H groups in total. The van der Waals surface area contributed by atoms with Crippen molar-refractivity contribution < 1.29 is 17.7 Å². The van der Waals surface area contributed by atoms with Crippen LogP contribution in [0.5, 0.6) is 0 Å². The van der Waals surface area contributed by atoms with Crippen molar-refractivity contribution in [2.24, 2.45) is 0 Å². The molecule has 0 aliphatic carbocycles. The lowest BCUT2D eigenvalue weighted by Crippen LogP contribution is -2.38. The fraction of sp³-hybridized carbons (Fsp3) is 0.333. The molecule has 24 heavy (non-hydrogen) atoms. The SMILES string of the molecule is CCCCN(CC(=O)Nc1ccon1)S(=O)(=O)c1ccc(Cl)cc1. The molecule has 0 aliphatic heterocycles. The van der Waals surface area contributed by atoms with Crippen molar-refractivity contribution in [3.05, 3.63) is 41.6 Å². The Balaban J connectivity index is 2.16. The third-order valence-corrected chi connectivity index (χ3v) is 5.35. The normalized spacial score (nSPS) is 11.6. The molecule has 0 spiro atoms. The number of unbranched alkanes of at least 4 members (excludes halogenated alkanes) is 1. The zero-order valence-electron chi connectivity index (χ0n) is 13.1. The molecule has 2 aromatic rings. The average Bonchev–Trinajstić information content (AvgIpc) is 3.04. The summed E-state index contributed by atoms with van der Waals surface area (Å²) in [6.07, 6.45) is 2.76. The number of sulfonamides is 1. The maximum absolute atomic E-state index is 12.8. The first-order chi connectivity index (χ1) is 11.4. The van der Waals surface area contributed by atoms with Gasteiger partial charge in [0.2, 0.25) is 15.9 Å². The van der Waals surface area contributed by atoms with Crippen LogP contribution < -0.4 is 5.32 Å². The van der Waals surface area contributed by atoms with E-state index in [1.54, 1.807) is 0 Å². The first kappa shape index (κ1) is 18.4. The summed E-state index contributed by atoms with van der Waals surface area (Å²) in [5.74, 6) is -0.253. The van der Waals surface area contributed by atoms with Gasteiger partial charge in [-0.2, -0.15) is 4.31 Å². The highest BCUT2D eigenvalue weighted by atomic mass is 35.5. The Morgan fingerprint density at radius 3 is 2.58 bits per heavy atom. The molecule has 0 radical (unpaired) electrons. The van der Waals surface area contributed by atoms with E-state index in [0.29, 0.717) is 11.4 Å². The van der Waals surface area contributed by atoms with Crippen molar-refractivity contribution in [2.75, 3.05) is 18.4 Å². The van der Waals surface area contributed by atoms with Crippen LogP contribution in [0.25, 0.3) is 0 Å². The second kappa shape index (κ2) is 8.27. The van der Waals surface area contributed by atoms with Crippen LogP contribution in [0.3, 0.4) is 0 Å². The molecule has 0 saturated carbocycles. The smallest absolute Gasteiger partial charge is 0.243 e. The maximum atomic E-state index is 12.8. The number of hydrogen-bond donors (Lipinski definition) is 1. The molecule has 0 bridgehead atoms. The quantitative estimate of drug-likeness (QED) is 0.770. The Morgan fingerprint density at radius 2 is 2.00 bits per heavy atom. The third-order valence-electron chi connectivity index (χ3n) is 3.24. The number of carbonyl (C=O) groups excluding carboxylic acids is 1. The number of aromatic nitrogens is 1. The largest absolute Gasteiger partial charge is 0.363 e. The van der Waals surface area contributed by atoms with Gasteiger partial charge in [0.25, 0.3) is 0 Å². The molecule has 0 saturated heterocycles. The van der Waals surface area contributed by atoms with Gasteiger partial charge in [0.05, 0.1) is 11.4 Å². The zero-order valence-corrected chi connectivity index (χ0v) is 14.7. The predicted molar refractivity (Wildman–Crippen MR) is 90.3 cm³/mol. The molecule has 9 heteroatoms. The minimum absolute atomic E-state index is 0.0947. The fourth-order valence-electron chi connectivity index (χ4n) is 1.99. The van der Waals surface area contributed by atoms with Gasteiger partial charge in [-0.25, -0.2) is 8.42 Å². The van der Waals surface area contributed by atoms with Gasteiger partial charge >= 0.3 is 0 Å². The van der Waals surface area contributed by atoms with Crippen LogP contribution >= 0.6 is 11.6 Å². The molecule has 7 nitrogen and oxygen atoms in total. The van der Waals surface area contributed by atoms with Crippen molar-refractivity contribution in [1.82, 2.24) is 9.46 Å². The van der Waals surface area contributed by atoms with E-state index in [1.807, 2.05) is 6.92 Å². The summed E-state index contributed by atoms with van der Waals surface area (Å²) >= 11 is 5.80. The van der Waals surface area contributed by atoms with E-state index >= 15 is 0 Å². The van der Waals surface area contributed by atoms with E-state index in [-0.39, 0.29) is 23.8 Å². The predicted octanol–water partition coefficient (Wildman–Crippen LogP) is 2.76. The molecular formula is C15H18ClN3O4S. The highest BCUT2D eigenvalue weighted by Gasteiger charge is 2.26. The number of nitrogens with one attached hydrogen (secondary N) is 1. The molecule has 1 heterocycles. The lowest BCUT2D eigenvalue weighted by molar-refractivity contribution is -0.116. The Kier molecular flexibility index (Phi) is 6.36. The molecule has 130 valence electrons. The monoisotopic (exact) mass is 371 g/mol. The van der Waals surface area contributed by atoms with Gasteiger partial charge in [0.15, 0.2) is 5.82 Å². The van der Waals surface area contributed by atoms with Crippen LogP contribution in [-0.4, -0.2) is 36.9 Å². The van der Waals surface area contributed by atoms with Crippen LogP contribution in [0.4, 0.5) is 5.82 Å². The topological polar surface area (TPSA) is 92.5 Å². The molecular weight excluding hydrogens is 354 g/mol. The van der Waals surface area contributed by atoms with Crippen molar-refractivity contribution in [2.45, 2.75) is 24.7 Å². The van der Waals surface area contributed by atoms with Gasteiger partial charge in [-0.05, 0) is 30.7 Å². The minimum Gasteiger partial charge on any atom is -0.363 e. The van der Waals surface area contributed by atoms with Crippen LogP contribution in [0.1, 0.15) is 19.8 Å². The first-order valence-electron chi connectivity index (χ1n) is 7.39. The van der Waals surface area contributed by atoms with Gasteiger partial charge in [0.1, 0.15) is 6.26 Å². The summed E-state index contributed by atoms with van der Waals surface area (Å²) < 4.78 is 31.3. The van der Waals surface area contributed by atoms with Crippen LogP contribution in [0, 0.1) is 0 Å². The fourth-order valence-corrected chi connectivity index (χ4v) is 3.55. The van der Waals surface area contributed by atoms with Crippen molar-refractivity contribution in [1.29, 1.82) is 0 Å². The number of amides is 1. The molecule has 0 atom stereocenters. The molecule has 1 aromatic heterocycles. The number of benzene rings is 1. The van der Waals surface area contributed by atoms with E-state index in [2.05, 4.69) is 15.0 Å². The minimum atomic E-state index is -3.79. The Labute approximate surface area is 145 Å².